The van der Waals surface area contributed by atoms with Gasteiger partial charge in [0.05, 0.1) is 9.65 Å². The number of allylic oxidation sites excluding steroid dienone is 2. The Morgan fingerprint density at radius 3 is 1.25 bits per heavy atom. The topological polar surface area (TPSA) is 0 Å². The second-order valence-electron chi connectivity index (χ2n) is 1.79. The average molecular weight is 556 g/mol. The summed E-state index contributed by atoms with van der Waals surface area (Å²) in [5.74, 6) is 0. The maximum atomic E-state index is 3.53. The van der Waals surface area contributed by atoms with Crippen molar-refractivity contribution in [2.75, 3.05) is 0 Å². The molecule has 70 valence electrons. The summed E-state index contributed by atoms with van der Waals surface area (Å²) in [6.07, 6.45) is 0. The van der Waals surface area contributed by atoms with Crippen LogP contribution in [0.15, 0.2) is 18.9 Å². The zero-order valence-electron chi connectivity index (χ0n) is 5.58. The summed E-state index contributed by atoms with van der Waals surface area (Å²) in [4.78, 5) is 4.05. The second kappa shape index (κ2) is 7.63. The van der Waals surface area contributed by atoms with Crippen molar-refractivity contribution >= 4 is 95.6 Å². The van der Waals surface area contributed by atoms with Crippen molar-refractivity contribution in [1.82, 2.24) is 0 Å². The largest absolute Gasteiger partial charge is 0.0817 e. The van der Waals surface area contributed by atoms with Crippen molar-refractivity contribution in [2.45, 2.75) is 9.65 Å². The predicted molar refractivity (Wildman–Crippen MR) is 77.3 cm³/mol. The summed E-state index contributed by atoms with van der Waals surface area (Å²) in [5, 5.41) is 0. The molecule has 0 heterocycles. The quantitative estimate of drug-likeness (QED) is 0.388. The summed E-state index contributed by atoms with van der Waals surface area (Å²) >= 11 is 20.4. The molecule has 0 bridgehead atoms. The van der Waals surface area contributed by atoms with E-state index in [9.17, 15) is 0 Å². The van der Waals surface area contributed by atoms with E-state index in [2.05, 4.69) is 95.6 Å². The van der Waals surface area contributed by atoms with Crippen LogP contribution in [0.3, 0.4) is 0 Å². The summed E-state index contributed by atoms with van der Waals surface area (Å²) in [6.45, 7) is 0. The molecule has 0 saturated heterocycles. The third-order valence-electron chi connectivity index (χ3n) is 0.992. The van der Waals surface area contributed by atoms with E-state index in [1.54, 1.807) is 0 Å². The molecule has 0 spiro atoms. The van der Waals surface area contributed by atoms with E-state index in [-0.39, 0.29) is 9.65 Å². The van der Waals surface area contributed by atoms with Crippen molar-refractivity contribution in [3.63, 3.8) is 0 Å². The third-order valence-corrected chi connectivity index (χ3v) is 8.63. The molecule has 0 aromatic carbocycles. The molecule has 2 unspecified atom stereocenters. The molecule has 0 nitrogen and oxygen atoms in total. The first-order valence-electron chi connectivity index (χ1n) is 2.74. The number of halogens is 6. The van der Waals surface area contributed by atoms with Crippen LogP contribution in [0.25, 0.3) is 0 Å². The zero-order valence-corrected chi connectivity index (χ0v) is 15.1. The minimum atomic E-state index is 0.194. The van der Waals surface area contributed by atoms with Crippen LogP contribution in [0.2, 0.25) is 0 Å². The molecular weight excluding hydrogens is 551 g/mol. The molecule has 0 fully saturated rings. The van der Waals surface area contributed by atoms with Crippen molar-refractivity contribution in [3.8, 4) is 0 Å². The van der Waals surface area contributed by atoms with E-state index in [1.165, 1.54) is 0 Å². The Bertz CT molecular complexity index is 174. The van der Waals surface area contributed by atoms with Gasteiger partial charge in [0.2, 0.25) is 0 Å². The fraction of sp³-hybridized carbons (Fsp3) is 0.333. The summed E-state index contributed by atoms with van der Waals surface area (Å²) in [7, 11) is 0. The van der Waals surface area contributed by atoms with E-state index in [0.29, 0.717) is 0 Å². The van der Waals surface area contributed by atoms with Crippen molar-refractivity contribution in [2.24, 2.45) is 0 Å². The molecule has 0 aromatic heterocycles. The van der Waals surface area contributed by atoms with E-state index in [1.807, 2.05) is 9.97 Å². The van der Waals surface area contributed by atoms with E-state index >= 15 is 0 Å². The minimum absolute atomic E-state index is 0.194. The maximum absolute atomic E-state index is 3.53. The molecule has 0 aromatic rings. The minimum Gasteiger partial charge on any atom is -0.0817 e. The second-order valence-corrected chi connectivity index (χ2v) is 6.51. The van der Waals surface area contributed by atoms with Crippen LogP contribution in [0.4, 0.5) is 0 Å². The van der Waals surface area contributed by atoms with Crippen molar-refractivity contribution < 1.29 is 0 Å². The lowest BCUT2D eigenvalue weighted by molar-refractivity contribution is 1.12. The van der Waals surface area contributed by atoms with E-state index in [4.69, 9.17) is 0 Å². The highest BCUT2D eigenvalue weighted by Gasteiger charge is 2.20. The Kier molecular flexibility index (Phi) is 9.13. The van der Waals surface area contributed by atoms with Gasteiger partial charge in [0.15, 0.2) is 0 Å². The van der Waals surface area contributed by atoms with Gasteiger partial charge in [-0.2, -0.15) is 0 Å². The Labute approximate surface area is 122 Å². The molecule has 0 radical (unpaired) electrons. The van der Waals surface area contributed by atoms with Crippen LogP contribution in [0.1, 0.15) is 0 Å². The molecule has 0 aliphatic rings. The Morgan fingerprint density at radius 2 is 1.08 bits per heavy atom. The lowest BCUT2D eigenvalue weighted by Crippen LogP contribution is -2.13. The first-order chi connectivity index (χ1) is 5.54. The van der Waals surface area contributed by atoms with Gasteiger partial charge in [0.25, 0.3) is 0 Å². The van der Waals surface area contributed by atoms with Gasteiger partial charge in [0, 0.05) is 8.96 Å². The molecular formula is C6H4Br6. The molecule has 0 rings (SSSR count). The van der Waals surface area contributed by atoms with Gasteiger partial charge < -0.3 is 0 Å². The molecule has 0 saturated carbocycles. The van der Waals surface area contributed by atoms with Gasteiger partial charge >= 0.3 is 0 Å². The number of rotatable bonds is 3. The number of hydrogen-bond acceptors (Lipinski definition) is 0. The van der Waals surface area contributed by atoms with Crippen LogP contribution in [-0.4, -0.2) is 9.65 Å². The van der Waals surface area contributed by atoms with E-state index in [0.717, 1.165) is 8.96 Å². The highest BCUT2D eigenvalue weighted by Crippen LogP contribution is 2.34. The molecule has 0 aliphatic heterocycles. The Morgan fingerprint density at radius 1 is 0.833 bits per heavy atom. The number of hydrogen-bond donors (Lipinski definition) is 0. The van der Waals surface area contributed by atoms with Gasteiger partial charge in [-0.3, -0.25) is 0 Å². The van der Waals surface area contributed by atoms with Crippen LogP contribution >= 0.6 is 95.6 Å². The zero-order chi connectivity index (χ0) is 9.72. The monoisotopic (exact) mass is 550 g/mol. The van der Waals surface area contributed by atoms with Crippen LogP contribution < -0.4 is 0 Å². The average Bonchev–Trinajstić information content (AvgIpc) is 2.12. The highest BCUT2D eigenvalue weighted by molar-refractivity contribution is 9.16. The van der Waals surface area contributed by atoms with Gasteiger partial charge in [-0.05, 0) is 9.97 Å². The van der Waals surface area contributed by atoms with Crippen molar-refractivity contribution in [1.29, 1.82) is 0 Å². The fourth-order valence-corrected chi connectivity index (χ4v) is 3.75. The highest BCUT2D eigenvalue weighted by atomic mass is 79.9. The first-order valence-corrected chi connectivity index (χ1v) is 7.99. The van der Waals surface area contributed by atoms with Crippen molar-refractivity contribution in [3.05, 3.63) is 18.9 Å². The summed E-state index contributed by atoms with van der Waals surface area (Å²) in [6, 6.07) is 0. The molecule has 0 N–H and O–H groups in total. The predicted octanol–water partition coefficient (Wildman–Crippen LogP) is 5.78. The first kappa shape index (κ1) is 14.4. The molecule has 2 atom stereocenters. The maximum Gasteiger partial charge on any atom is 0.0637 e. The Balaban J connectivity index is 4.39. The Hall–Kier alpha value is 2.36. The molecule has 0 amide bonds. The number of alkyl halides is 2. The van der Waals surface area contributed by atoms with E-state index < -0.39 is 0 Å². The third kappa shape index (κ3) is 4.73. The summed E-state index contributed by atoms with van der Waals surface area (Å²) in [5.41, 5.74) is 0. The van der Waals surface area contributed by atoms with Crippen LogP contribution in [-0.2, 0) is 0 Å². The van der Waals surface area contributed by atoms with Crippen LogP contribution in [0, 0.1) is 0 Å². The van der Waals surface area contributed by atoms with Crippen LogP contribution in [0.5, 0.6) is 0 Å². The summed E-state index contributed by atoms with van der Waals surface area (Å²) < 4.78 is 2.08. The lowest BCUT2D eigenvalue weighted by Gasteiger charge is -2.14. The molecule has 12 heavy (non-hydrogen) atoms. The standard InChI is InChI=1S/C6H4Br6/c7-1-3(9)5(11)6(12)4(10)2-8/h1-2,5-6H/b3-1-,4-2-. The fourth-order valence-electron chi connectivity index (χ4n) is 0.400. The lowest BCUT2D eigenvalue weighted by atomic mass is 10.3. The molecule has 0 aliphatic carbocycles. The van der Waals surface area contributed by atoms with Gasteiger partial charge in [0.1, 0.15) is 0 Å². The molecule has 6 heteroatoms. The van der Waals surface area contributed by atoms with Gasteiger partial charge in [-0.25, -0.2) is 0 Å². The normalized spacial score (nSPS) is 19.2. The smallest absolute Gasteiger partial charge is 0.0637 e. The van der Waals surface area contributed by atoms with Gasteiger partial charge in [-0.15, -0.1) is 0 Å². The van der Waals surface area contributed by atoms with Gasteiger partial charge in [-0.1, -0.05) is 95.6 Å². The SMILES string of the molecule is Br/C=C(\Br)C(Br)C(Br)/C(Br)=C/Br.